The monoisotopic (exact) mass is 320 g/mol. The smallest absolute Gasteiger partial charge is 0.315 e. The summed E-state index contributed by atoms with van der Waals surface area (Å²) < 4.78 is 5.38. The van der Waals surface area contributed by atoms with E-state index in [1.165, 1.54) is 6.20 Å². The summed E-state index contributed by atoms with van der Waals surface area (Å²) >= 11 is 5.73. The minimum absolute atomic E-state index is 0.118. The maximum atomic E-state index is 11.8. The summed E-state index contributed by atoms with van der Waals surface area (Å²) in [6, 6.07) is 6.73. The number of carbonyl (C=O) groups excluding carboxylic acids is 1. The Morgan fingerprint density at radius 3 is 2.91 bits per heavy atom. The molecule has 2 aromatic rings. The molecule has 2 rings (SSSR count). The number of carbonyl (C=O) groups is 1. The molecule has 0 aliphatic carbocycles. The lowest BCUT2D eigenvalue weighted by Gasteiger charge is -2.14. The van der Waals surface area contributed by atoms with E-state index >= 15 is 0 Å². The molecule has 0 aliphatic heterocycles. The van der Waals surface area contributed by atoms with Crippen molar-refractivity contribution in [1.29, 1.82) is 0 Å². The summed E-state index contributed by atoms with van der Waals surface area (Å²) in [6.45, 7) is 2.59. The number of ether oxygens (including phenoxy) is 1. The van der Waals surface area contributed by atoms with Gasteiger partial charge in [0.2, 0.25) is 5.88 Å². The van der Waals surface area contributed by atoms with Crippen LogP contribution in [0.2, 0.25) is 5.02 Å². The number of nitrogens with zero attached hydrogens (tertiary/aromatic N) is 2. The third-order valence-electron chi connectivity index (χ3n) is 2.87. The average molecular weight is 321 g/mol. The van der Waals surface area contributed by atoms with E-state index < -0.39 is 0 Å². The number of aromatic nitrogens is 2. The molecule has 7 heteroatoms. The molecule has 0 saturated heterocycles. The first-order chi connectivity index (χ1) is 10.6. The molecule has 0 saturated carbocycles. The molecule has 0 unspecified atom stereocenters. The number of rotatable bonds is 6. The third-order valence-corrected chi connectivity index (χ3v) is 3.09. The highest BCUT2D eigenvalue weighted by atomic mass is 35.5. The fourth-order valence-corrected chi connectivity index (χ4v) is 1.84. The Kier molecular flexibility index (Phi) is 5.97. The van der Waals surface area contributed by atoms with Gasteiger partial charge >= 0.3 is 6.03 Å². The Bertz CT molecular complexity index is 592. The van der Waals surface area contributed by atoms with Gasteiger partial charge in [0.05, 0.1) is 17.6 Å². The number of hydrogen-bond acceptors (Lipinski definition) is 4. The second kappa shape index (κ2) is 8.19. The summed E-state index contributed by atoms with van der Waals surface area (Å²) in [7, 11) is 0. The van der Waals surface area contributed by atoms with Crippen LogP contribution in [0.5, 0.6) is 5.88 Å². The van der Waals surface area contributed by atoms with Gasteiger partial charge in [0, 0.05) is 24.7 Å². The molecular weight excluding hydrogens is 304 g/mol. The maximum absolute atomic E-state index is 11.8. The van der Waals surface area contributed by atoms with Gasteiger partial charge in [-0.3, -0.25) is 4.98 Å². The minimum atomic E-state index is -0.260. The van der Waals surface area contributed by atoms with Gasteiger partial charge in [0.1, 0.15) is 6.61 Å². The van der Waals surface area contributed by atoms with E-state index in [1.807, 2.05) is 19.1 Å². The lowest BCUT2D eigenvalue weighted by molar-refractivity contribution is 0.233. The number of urea groups is 1. The second-order valence-electron chi connectivity index (χ2n) is 4.57. The first kappa shape index (κ1) is 16.0. The predicted molar refractivity (Wildman–Crippen MR) is 83.9 cm³/mol. The van der Waals surface area contributed by atoms with Crippen molar-refractivity contribution in [3.63, 3.8) is 0 Å². The van der Waals surface area contributed by atoms with E-state index in [9.17, 15) is 4.79 Å². The van der Waals surface area contributed by atoms with Gasteiger partial charge in [-0.2, -0.15) is 0 Å². The number of nitrogens with one attached hydrogen (secondary N) is 2. The van der Waals surface area contributed by atoms with Crippen molar-refractivity contribution < 1.29 is 9.53 Å². The van der Waals surface area contributed by atoms with Crippen LogP contribution in [0.1, 0.15) is 18.5 Å². The number of hydrogen-bond donors (Lipinski definition) is 2. The highest BCUT2D eigenvalue weighted by Crippen LogP contribution is 2.11. The topological polar surface area (TPSA) is 76.1 Å². The molecule has 116 valence electrons. The molecule has 0 radical (unpaired) electrons. The van der Waals surface area contributed by atoms with Crippen molar-refractivity contribution in [3.05, 3.63) is 53.4 Å². The summed E-state index contributed by atoms with van der Waals surface area (Å²) in [5, 5.41) is 6.09. The van der Waals surface area contributed by atoms with Crippen LogP contribution < -0.4 is 15.4 Å². The van der Waals surface area contributed by atoms with Gasteiger partial charge in [0.25, 0.3) is 0 Å². The van der Waals surface area contributed by atoms with Gasteiger partial charge in [-0.1, -0.05) is 17.7 Å². The molecule has 2 N–H and O–H groups in total. The van der Waals surface area contributed by atoms with Gasteiger partial charge in [-0.25, -0.2) is 9.78 Å². The van der Waals surface area contributed by atoms with E-state index in [4.69, 9.17) is 16.3 Å². The van der Waals surface area contributed by atoms with Crippen molar-refractivity contribution in [3.8, 4) is 5.88 Å². The molecule has 0 spiro atoms. The Morgan fingerprint density at radius 2 is 2.23 bits per heavy atom. The van der Waals surface area contributed by atoms with Gasteiger partial charge < -0.3 is 15.4 Å². The molecule has 2 aromatic heterocycles. The lowest BCUT2D eigenvalue weighted by atomic mass is 10.1. The number of amides is 2. The zero-order chi connectivity index (χ0) is 15.8. The molecule has 0 fully saturated rings. The molecule has 0 aromatic carbocycles. The van der Waals surface area contributed by atoms with E-state index in [0.717, 1.165) is 5.56 Å². The zero-order valence-electron chi connectivity index (χ0n) is 12.1. The summed E-state index contributed by atoms with van der Waals surface area (Å²) in [5.74, 6) is 0.468. The summed E-state index contributed by atoms with van der Waals surface area (Å²) in [4.78, 5) is 19.8. The Labute approximate surface area is 133 Å². The Hall–Kier alpha value is -2.34. The predicted octanol–water partition coefficient (Wildman–Crippen LogP) is 2.57. The van der Waals surface area contributed by atoms with Gasteiger partial charge in [0.15, 0.2) is 0 Å². The van der Waals surface area contributed by atoms with Crippen molar-refractivity contribution in [2.45, 2.75) is 13.0 Å². The largest absolute Gasteiger partial charge is 0.476 e. The van der Waals surface area contributed by atoms with Crippen LogP contribution in [0.3, 0.4) is 0 Å². The molecule has 0 bridgehead atoms. The van der Waals surface area contributed by atoms with Crippen LogP contribution in [0.4, 0.5) is 4.79 Å². The first-order valence-electron chi connectivity index (χ1n) is 6.84. The third kappa shape index (κ3) is 5.21. The maximum Gasteiger partial charge on any atom is 0.315 e. The normalized spacial score (nSPS) is 11.5. The van der Waals surface area contributed by atoms with Crippen LogP contribution in [0.25, 0.3) is 0 Å². The summed E-state index contributed by atoms with van der Waals surface area (Å²) in [6.07, 6.45) is 4.92. The fourth-order valence-electron chi connectivity index (χ4n) is 1.73. The second-order valence-corrected chi connectivity index (χ2v) is 5.01. The van der Waals surface area contributed by atoms with Crippen LogP contribution in [-0.4, -0.2) is 29.2 Å². The SMILES string of the molecule is C[C@@H](NC(=O)NCCOc1ccc(Cl)cn1)c1cccnc1. The highest BCUT2D eigenvalue weighted by molar-refractivity contribution is 6.30. The lowest BCUT2D eigenvalue weighted by Crippen LogP contribution is -2.39. The van der Waals surface area contributed by atoms with E-state index in [1.54, 1.807) is 24.5 Å². The molecule has 0 aliphatic rings. The first-order valence-corrected chi connectivity index (χ1v) is 7.21. The van der Waals surface area contributed by atoms with Crippen LogP contribution >= 0.6 is 11.6 Å². The van der Waals surface area contributed by atoms with Crippen molar-refractivity contribution in [1.82, 2.24) is 20.6 Å². The zero-order valence-corrected chi connectivity index (χ0v) is 12.9. The number of pyridine rings is 2. The Balaban J connectivity index is 1.66. The Morgan fingerprint density at radius 1 is 1.36 bits per heavy atom. The van der Waals surface area contributed by atoms with E-state index in [2.05, 4.69) is 20.6 Å². The minimum Gasteiger partial charge on any atom is -0.476 e. The molecular formula is C15H17ClN4O2. The van der Waals surface area contributed by atoms with Crippen molar-refractivity contribution in [2.24, 2.45) is 0 Å². The van der Waals surface area contributed by atoms with Gasteiger partial charge in [-0.15, -0.1) is 0 Å². The standard InChI is InChI=1S/C15H17ClN4O2/c1-11(12-3-2-6-17-9-12)20-15(21)18-7-8-22-14-5-4-13(16)10-19-14/h2-6,9-11H,7-8H2,1H3,(H2,18,20,21)/t11-/m1/s1. The fraction of sp³-hybridized carbons (Fsp3) is 0.267. The van der Waals surface area contributed by atoms with Crippen molar-refractivity contribution >= 4 is 17.6 Å². The number of halogens is 1. The highest BCUT2D eigenvalue weighted by Gasteiger charge is 2.08. The van der Waals surface area contributed by atoms with Crippen LogP contribution in [0.15, 0.2) is 42.9 Å². The molecule has 2 heterocycles. The van der Waals surface area contributed by atoms with Gasteiger partial charge in [-0.05, 0) is 24.6 Å². The van der Waals surface area contributed by atoms with E-state index in [0.29, 0.717) is 24.1 Å². The quantitative estimate of drug-likeness (QED) is 0.802. The van der Waals surface area contributed by atoms with Crippen molar-refractivity contribution in [2.75, 3.05) is 13.2 Å². The molecule has 2 amide bonds. The summed E-state index contributed by atoms with van der Waals surface area (Å²) in [5.41, 5.74) is 0.944. The van der Waals surface area contributed by atoms with Crippen LogP contribution in [0, 0.1) is 0 Å². The molecule has 1 atom stereocenters. The molecule has 6 nitrogen and oxygen atoms in total. The average Bonchev–Trinajstić information content (AvgIpc) is 2.54. The van der Waals surface area contributed by atoms with Crippen LogP contribution in [-0.2, 0) is 0 Å². The van der Waals surface area contributed by atoms with E-state index in [-0.39, 0.29) is 12.1 Å². The molecule has 22 heavy (non-hydrogen) atoms.